The number of esters is 1. The summed E-state index contributed by atoms with van der Waals surface area (Å²) in [5, 5.41) is 20.2. The molecule has 8 rings (SSSR count). The third-order valence-corrected chi connectivity index (χ3v) is 18.9. The molecule has 2 N–H and O–H groups in total. The number of hydrogen-bond acceptors (Lipinski definition) is 5. The Morgan fingerprint density at radius 3 is 1.50 bits per heavy atom. The van der Waals surface area contributed by atoms with Gasteiger partial charge in [-0.2, -0.15) is 0 Å². The number of fused-ring (bicyclic) bond motifs is 10. The van der Waals surface area contributed by atoms with Crippen LogP contribution < -0.4 is 0 Å². The summed E-state index contributed by atoms with van der Waals surface area (Å²) in [5.74, 6) is 4.73. The van der Waals surface area contributed by atoms with Crippen LogP contribution in [0, 0.1) is 68.0 Å². The quantitative estimate of drug-likeness (QED) is 0.228. The SMILES string of the molecule is CCC(=O)[C@@]1(C)CCC2C3CC=C4C[C@@H](O)CC[C@]4(C)C3CC[C@@]21C.COC(=O)[C@@]1(C)CCC2C3CC=C4CC(O)CC[C@]4(C)C3CC[C@@]21C. The van der Waals surface area contributed by atoms with Gasteiger partial charge in [0.15, 0.2) is 0 Å². The highest BCUT2D eigenvalue weighted by atomic mass is 16.5. The average molecular weight is 691 g/mol. The highest BCUT2D eigenvalue weighted by Crippen LogP contribution is 2.71. The summed E-state index contributed by atoms with van der Waals surface area (Å²) in [4.78, 5) is 25.5. The highest BCUT2D eigenvalue weighted by molar-refractivity contribution is 5.85. The fraction of sp³-hybridized carbons (Fsp3) is 0.867. The maximum absolute atomic E-state index is 12.8. The second kappa shape index (κ2) is 12.6. The van der Waals surface area contributed by atoms with Gasteiger partial charge in [0.2, 0.25) is 0 Å². The van der Waals surface area contributed by atoms with E-state index < -0.39 is 0 Å². The lowest BCUT2D eigenvalue weighted by Crippen LogP contribution is -2.53. The molecule has 8 aliphatic carbocycles. The number of hydrogen-bond donors (Lipinski definition) is 2. The van der Waals surface area contributed by atoms with Gasteiger partial charge < -0.3 is 14.9 Å². The molecule has 8 aliphatic rings. The Morgan fingerprint density at radius 2 is 1.06 bits per heavy atom. The molecule has 0 aromatic carbocycles. The van der Waals surface area contributed by atoms with E-state index in [0.717, 1.165) is 88.4 Å². The predicted octanol–water partition coefficient (Wildman–Crippen LogP) is 9.78. The Hall–Kier alpha value is -1.46. The van der Waals surface area contributed by atoms with Crippen LogP contribution in [-0.4, -0.2) is 41.3 Å². The smallest absolute Gasteiger partial charge is 0.312 e. The fourth-order valence-electron chi connectivity index (χ4n) is 15.2. The molecule has 0 saturated heterocycles. The van der Waals surface area contributed by atoms with Crippen LogP contribution in [0.1, 0.15) is 158 Å². The van der Waals surface area contributed by atoms with E-state index in [4.69, 9.17) is 4.74 Å². The number of methoxy groups -OCH3 is 1. The van der Waals surface area contributed by atoms with Crippen molar-refractivity contribution in [3.8, 4) is 0 Å². The summed E-state index contributed by atoms with van der Waals surface area (Å²) in [6.45, 7) is 16.2. The monoisotopic (exact) mass is 691 g/mol. The summed E-state index contributed by atoms with van der Waals surface area (Å²) in [6, 6.07) is 0. The van der Waals surface area contributed by atoms with Crippen molar-refractivity contribution in [2.45, 2.75) is 170 Å². The van der Waals surface area contributed by atoms with Gasteiger partial charge in [-0.05, 0) is 167 Å². The van der Waals surface area contributed by atoms with Gasteiger partial charge in [-0.3, -0.25) is 9.59 Å². The maximum atomic E-state index is 12.8. The predicted molar refractivity (Wildman–Crippen MR) is 199 cm³/mol. The van der Waals surface area contributed by atoms with Crippen LogP contribution in [0.5, 0.6) is 0 Å². The first-order chi connectivity index (χ1) is 23.5. The van der Waals surface area contributed by atoms with Gasteiger partial charge in [-0.15, -0.1) is 0 Å². The van der Waals surface area contributed by atoms with E-state index >= 15 is 0 Å². The molecule has 0 spiro atoms. The van der Waals surface area contributed by atoms with Gasteiger partial charge in [-0.25, -0.2) is 0 Å². The van der Waals surface area contributed by atoms with Crippen molar-refractivity contribution in [2.24, 2.45) is 68.0 Å². The van der Waals surface area contributed by atoms with E-state index in [2.05, 4.69) is 53.7 Å². The molecule has 0 radical (unpaired) electrons. The molecule has 280 valence electrons. The molecule has 0 aromatic heterocycles. The second-order valence-corrected chi connectivity index (χ2v) is 20.2. The topological polar surface area (TPSA) is 83.8 Å². The lowest BCUT2D eigenvalue weighted by molar-refractivity contribution is -0.164. The molecule has 5 heteroatoms. The Kier molecular flexibility index (Phi) is 9.27. The van der Waals surface area contributed by atoms with E-state index in [9.17, 15) is 19.8 Å². The minimum atomic E-state index is -0.328. The van der Waals surface area contributed by atoms with Crippen LogP contribution in [0.4, 0.5) is 0 Å². The first-order valence-corrected chi connectivity index (χ1v) is 20.9. The zero-order valence-electron chi connectivity index (χ0n) is 32.9. The highest BCUT2D eigenvalue weighted by Gasteiger charge is 2.66. The molecule has 0 amide bonds. The zero-order chi connectivity index (χ0) is 36.1. The van der Waals surface area contributed by atoms with E-state index in [-0.39, 0.29) is 45.3 Å². The molecule has 6 saturated carbocycles. The molecule has 50 heavy (non-hydrogen) atoms. The largest absolute Gasteiger partial charge is 0.469 e. The molecule has 0 heterocycles. The lowest BCUT2D eigenvalue weighted by atomic mass is 9.45. The van der Waals surface area contributed by atoms with Crippen molar-refractivity contribution in [1.82, 2.24) is 0 Å². The van der Waals surface area contributed by atoms with Crippen LogP contribution >= 0.6 is 0 Å². The summed E-state index contributed by atoms with van der Waals surface area (Å²) < 4.78 is 5.23. The number of ether oxygens (including phenoxy) is 1. The van der Waals surface area contributed by atoms with Crippen molar-refractivity contribution in [3.63, 3.8) is 0 Å². The molecule has 7 unspecified atom stereocenters. The molecule has 0 bridgehead atoms. The first kappa shape index (κ1) is 36.9. The number of Topliss-reactive ketones (excluding diaryl/α,β-unsaturated/α-hetero) is 1. The fourth-order valence-corrected chi connectivity index (χ4v) is 15.2. The number of ketones is 1. The van der Waals surface area contributed by atoms with E-state index in [1.807, 2.05) is 6.92 Å². The molecule has 0 aliphatic heterocycles. The lowest BCUT2D eigenvalue weighted by Gasteiger charge is -2.59. The normalized spacial score (nSPS) is 51.9. The summed E-state index contributed by atoms with van der Waals surface area (Å²) in [7, 11) is 1.54. The molecule has 14 atom stereocenters. The van der Waals surface area contributed by atoms with Gasteiger partial charge in [0.05, 0.1) is 24.7 Å². The van der Waals surface area contributed by atoms with Crippen molar-refractivity contribution >= 4 is 11.8 Å². The average Bonchev–Trinajstić information content (AvgIpc) is 3.54. The standard InChI is InChI=1S/C23H36O2.C22H34O3/c1-5-20(25)23(4)13-10-19-17-7-6-15-14-16(24)8-11-21(15,2)18(17)9-12-22(19,23)3;1-20-10-7-15(23)13-14(20)5-6-16-17(20)8-11-21(2)18(16)9-12-22(21,3)19(24)25-4/h6,16-19,24H,5,7-14H2,1-4H3;5,15-18,23H,6-13H2,1-4H3/t16-,17?,18?,19?,21-,22-,23+;15?,16?,17?,18?,20-,21-,22+/m00/s1. The van der Waals surface area contributed by atoms with Crippen LogP contribution in [0.2, 0.25) is 0 Å². The Morgan fingerprint density at radius 1 is 0.640 bits per heavy atom. The molecule has 5 nitrogen and oxygen atoms in total. The van der Waals surface area contributed by atoms with Crippen LogP contribution in [0.15, 0.2) is 23.3 Å². The van der Waals surface area contributed by atoms with E-state index in [1.54, 1.807) is 12.7 Å². The van der Waals surface area contributed by atoms with Crippen LogP contribution in [0.25, 0.3) is 0 Å². The third kappa shape index (κ3) is 5.03. The number of rotatable bonds is 3. The number of carbonyl (C=O) groups excluding carboxylic acids is 2. The summed E-state index contributed by atoms with van der Waals surface area (Å²) in [5.41, 5.74) is 3.46. The number of aliphatic hydroxyl groups is 2. The van der Waals surface area contributed by atoms with Crippen molar-refractivity contribution in [1.29, 1.82) is 0 Å². The molecular formula is C45H70O5. The Labute approximate surface area is 303 Å². The number of allylic oxidation sites excluding steroid dienone is 2. The van der Waals surface area contributed by atoms with E-state index in [1.165, 1.54) is 37.7 Å². The first-order valence-electron chi connectivity index (χ1n) is 20.9. The van der Waals surface area contributed by atoms with Gasteiger partial charge in [0, 0.05) is 11.8 Å². The van der Waals surface area contributed by atoms with Crippen LogP contribution in [0.3, 0.4) is 0 Å². The van der Waals surface area contributed by atoms with Crippen molar-refractivity contribution in [2.75, 3.05) is 7.11 Å². The summed E-state index contributed by atoms with van der Waals surface area (Å²) >= 11 is 0. The van der Waals surface area contributed by atoms with Crippen molar-refractivity contribution in [3.05, 3.63) is 23.3 Å². The molecule has 0 aromatic rings. The number of carbonyl (C=O) groups is 2. The van der Waals surface area contributed by atoms with Gasteiger partial charge in [0.1, 0.15) is 5.78 Å². The Balaban J connectivity index is 0.000000157. The maximum Gasteiger partial charge on any atom is 0.312 e. The Bertz CT molecular complexity index is 1320. The van der Waals surface area contributed by atoms with Gasteiger partial charge >= 0.3 is 5.97 Å². The third-order valence-electron chi connectivity index (χ3n) is 18.9. The minimum absolute atomic E-state index is 0.00464. The zero-order valence-corrected chi connectivity index (χ0v) is 32.9. The molecule has 6 fully saturated rings. The molecular weight excluding hydrogens is 620 g/mol. The minimum Gasteiger partial charge on any atom is -0.469 e. The second-order valence-electron chi connectivity index (χ2n) is 20.2. The van der Waals surface area contributed by atoms with E-state index in [0.29, 0.717) is 35.4 Å². The van der Waals surface area contributed by atoms with Gasteiger partial charge in [-0.1, -0.05) is 64.8 Å². The van der Waals surface area contributed by atoms with Crippen LogP contribution in [-0.2, 0) is 14.3 Å². The van der Waals surface area contributed by atoms with Gasteiger partial charge in [0.25, 0.3) is 0 Å². The number of aliphatic hydroxyl groups excluding tert-OH is 2. The summed E-state index contributed by atoms with van der Waals surface area (Å²) in [6.07, 6.45) is 22.9. The van der Waals surface area contributed by atoms with Crippen molar-refractivity contribution < 1.29 is 24.5 Å².